The van der Waals surface area contributed by atoms with E-state index < -0.39 is 46.8 Å². The van der Waals surface area contributed by atoms with Crippen molar-refractivity contribution >= 4 is 0 Å². The van der Waals surface area contributed by atoms with E-state index in [2.05, 4.69) is 0 Å². The van der Waals surface area contributed by atoms with Crippen molar-refractivity contribution in [2.24, 2.45) is 0 Å². The third-order valence-electron chi connectivity index (χ3n) is 4.49. The fourth-order valence-corrected chi connectivity index (χ4v) is 2.31. The van der Waals surface area contributed by atoms with E-state index in [9.17, 15) is 49.7 Å². The van der Waals surface area contributed by atoms with Gasteiger partial charge in [0.2, 0.25) is 0 Å². The lowest BCUT2D eigenvalue weighted by atomic mass is 9.82. The minimum absolute atomic E-state index is 0.125. The van der Waals surface area contributed by atoms with E-state index in [1.54, 1.807) is 0 Å². The summed E-state index contributed by atoms with van der Waals surface area (Å²) in [6, 6.07) is 0.907. The highest BCUT2D eigenvalue weighted by Crippen LogP contribution is 2.51. The number of hydrogen-bond acceptors (Lipinski definition) is 2. The summed E-state index contributed by atoms with van der Waals surface area (Å²) in [5.41, 5.74) is -12.5. The number of halogens is 9. The average Bonchev–Trinajstić information content (AvgIpc) is 2.49. The van der Waals surface area contributed by atoms with Crippen LogP contribution in [0.2, 0.25) is 0 Å². The van der Waals surface area contributed by atoms with Crippen molar-refractivity contribution in [2.75, 3.05) is 0 Å². The molecule has 0 fully saturated rings. The van der Waals surface area contributed by atoms with Gasteiger partial charge in [0.05, 0.1) is 0 Å². The molecule has 2 N–H and O–H groups in total. The third kappa shape index (κ3) is 4.03. The van der Waals surface area contributed by atoms with Crippen LogP contribution in [0.3, 0.4) is 0 Å². The predicted octanol–water partition coefficient (Wildman–Crippen LogP) is 5.28. The molecule has 0 heterocycles. The molecule has 1 aromatic rings. The molecule has 2 nitrogen and oxygen atoms in total. The van der Waals surface area contributed by atoms with E-state index in [0.717, 1.165) is 0 Å². The monoisotopic (exact) mass is 412 g/mol. The lowest BCUT2D eigenvalue weighted by molar-refractivity contribution is -0.376. The summed E-state index contributed by atoms with van der Waals surface area (Å²) < 4.78 is 118. The van der Waals surface area contributed by atoms with Crippen LogP contribution in [0.25, 0.3) is 0 Å². The van der Waals surface area contributed by atoms with Crippen LogP contribution >= 0.6 is 0 Å². The molecule has 0 amide bonds. The van der Waals surface area contributed by atoms with Gasteiger partial charge < -0.3 is 10.2 Å². The van der Waals surface area contributed by atoms with Crippen LogP contribution in [0.1, 0.15) is 49.8 Å². The SMILES string of the molecule is CCC(C)c1cc(C(C)(O)C(F)(F)F)cc(C(O)(C(F)(F)F)C(F)(F)F)c1. The number of hydrogen-bond donors (Lipinski definition) is 2. The first-order valence-electron chi connectivity index (χ1n) is 7.61. The molecular weight excluding hydrogens is 395 g/mol. The Labute approximate surface area is 148 Å². The number of alkyl halides is 9. The molecule has 0 saturated carbocycles. The number of aliphatic hydroxyl groups is 2. The standard InChI is InChI=1S/C16H17F9O2/c1-4-8(2)9-5-10(12(3,26)14(17,18)19)7-11(6-9)13(27,15(20,21)22)16(23,24)25/h5-8,26-27H,4H2,1-3H3. The third-order valence-corrected chi connectivity index (χ3v) is 4.49. The van der Waals surface area contributed by atoms with E-state index in [4.69, 9.17) is 0 Å². The molecule has 0 saturated heterocycles. The minimum atomic E-state index is -6.26. The fraction of sp³-hybridized carbons (Fsp3) is 0.625. The first kappa shape index (κ1) is 23.5. The highest BCUT2D eigenvalue weighted by atomic mass is 19.4. The van der Waals surface area contributed by atoms with E-state index in [1.807, 2.05) is 0 Å². The Morgan fingerprint density at radius 3 is 1.52 bits per heavy atom. The lowest BCUT2D eigenvalue weighted by Gasteiger charge is -2.35. The van der Waals surface area contributed by atoms with Gasteiger partial charge in [0.25, 0.3) is 5.60 Å². The molecule has 2 atom stereocenters. The quantitative estimate of drug-likeness (QED) is 0.661. The Kier molecular flexibility index (Phi) is 5.96. The van der Waals surface area contributed by atoms with Crippen LogP contribution in [0.15, 0.2) is 18.2 Å². The van der Waals surface area contributed by atoms with Crippen LogP contribution in [0.5, 0.6) is 0 Å². The predicted molar refractivity (Wildman–Crippen MR) is 76.8 cm³/mol. The zero-order valence-corrected chi connectivity index (χ0v) is 14.3. The minimum Gasteiger partial charge on any atom is -0.376 e. The zero-order chi connectivity index (χ0) is 21.6. The van der Waals surface area contributed by atoms with Gasteiger partial charge in [-0.15, -0.1) is 0 Å². The van der Waals surface area contributed by atoms with Gasteiger partial charge in [0.15, 0.2) is 5.60 Å². The van der Waals surface area contributed by atoms with Crippen molar-refractivity contribution in [3.05, 3.63) is 34.9 Å². The molecule has 0 aliphatic carbocycles. The molecule has 11 heteroatoms. The zero-order valence-electron chi connectivity index (χ0n) is 14.3. The maximum Gasteiger partial charge on any atom is 0.430 e. The molecule has 1 aromatic carbocycles. The van der Waals surface area contributed by atoms with Crippen LogP contribution in [-0.2, 0) is 11.2 Å². The molecule has 0 bridgehead atoms. The van der Waals surface area contributed by atoms with E-state index >= 15 is 0 Å². The highest BCUT2D eigenvalue weighted by Gasteiger charge is 2.71. The van der Waals surface area contributed by atoms with Crippen LogP contribution in [-0.4, -0.2) is 28.7 Å². The molecule has 27 heavy (non-hydrogen) atoms. The highest BCUT2D eigenvalue weighted by molar-refractivity contribution is 5.40. The van der Waals surface area contributed by atoms with Crippen LogP contribution < -0.4 is 0 Å². The average molecular weight is 412 g/mol. The Morgan fingerprint density at radius 2 is 1.19 bits per heavy atom. The van der Waals surface area contributed by atoms with Crippen LogP contribution in [0.4, 0.5) is 39.5 Å². The molecule has 2 unspecified atom stereocenters. The van der Waals surface area contributed by atoms with Gasteiger partial charge in [-0.05, 0) is 36.5 Å². The van der Waals surface area contributed by atoms with Crippen LogP contribution in [0, 0.1) is 0 Å². The fourth-order valence-electron chi connectivity index (χ4n) is 2.31. The molecule has 0 radical (unpaired) electrons. The second kappa shape index (κ2) is 6.84. The second-order valence-electron chi connectivity index (χ2n) is 6.43. The lowest BCUT2D eigenvalue weighted by Crippen LogP contribution is -2.54. The van der Waals surface area contributed by atoms with Gasteiger partial charge in [-0.3, -0.25) is 0 Å². The summed E-state index contributed by atoms with van der Waals surface area (Å²) >= 11 is 0. The Hall–Kier alpha value is -1.49. The first-order chi connectivity index (χ1) is 11.8. The molecule has 1 rings (SSSR count). The summed E-state index contributed by atoms with van der Waals surface area (Å²) in [7, 11) is 0. The van der Waals surface area contributed by atoms with E-state index in [0.29, 0.717) is 12.1 Å². The first-order valence-corrected chi connectivity index (χ1v) is 7.61. The van der Waals surface area contributed by atoms with Gasteiger partial charge in [0.1, 0.15) is 0 Å². The maximum atomic E-state index is 13.1. The van der Waals surface area contributed by atoms with Crippen molar-refractivity contribution in [3.8, 4) is 0 Å². The second-order valence-corrected chi connectivity index (χ2v) is 6.43. The molecule has 0 aromatic heterocycles. The van der Waals surface area contributed by atoms with E-state index in [1.165, 1.54) is 13.8 Å². The molecule has 156 valence electrons. The largest absolute Gasteiger partial charge is 0.430 e. The van der Waals surface area contributed by atoms with Crippen molar-refractivity contribution in [1.82, 2.24) is 0 Å². The van der Waals surface area contributed by atoms with Crippen molar-refractivity contribution in [2.45, 2.75) is 62.8 Å². The summed E-state index contributed by atoms with van der Waals surface area (Å²) in [6.45, 7) is 3.08. The molecule has 0 spiro atoms. The molecule has 0 aliphatic heterocycles. The van der Waals surface area contributed by atoms with Gasteiger partial charge in [-0.25, -0.2) is 0 Å². The summed E-state index contributed by atoms with van der Waals surface area (Å²) in [5.74, 6) is -0.738. The summed E-state index contributed by atoms with van der Waals surface area (Å²) in [6.07, 6.45) is -17.7. The Bertz CT molecular complexity index is 658. The number of benzene rings is 1. The normalized spacial score (nSPS) is 17.6. The summed E-state index contributed by atoms with van der Waals surface area (Å²) in [4.78, 5) is 0. The van der Waals surface area contributed by atoms with Crippen molar-refractivity contribution in [1.29, 1.82) is 0 Å². The van der Waals surface area contributed by atoms with Gasteiger partial charge in [0, 0.05) is 5.56 Å². The molecular formula is C16H17F9O2. The van der Waals surface area contributed by atoms with Crippen molar-refractivity contribution in [3.63, 3.8) is 0 Å². The smallest absolute Gasteiger partial charge is 0.376 e. The topological polar surface area (TPSA) is 40.5 Å². The van der Waals surface area contributed by atoms with E-state index in [-0.39, 0.29) is 25.0 Å². The number of rotatable bonds is 4. The van der Waals surface area contributed by atoms with Gasteiger partial charge >= 0.3 is 18.5 Å². The van der Waals surface area contributed by atoms with Gasteiger partial charge in [-0.2, -0.15) is 39.5 Å². The van der Waals surface area contributed by atoms with Crippen molar-refractivity contribution < 1.29 is 49.7 Å². The Balaban J connectivity index is 3.91. The Morgan fingerprint density at radius 1 is 0.778 bits per heavy atom. The summed E-state index contributed by atoms with van der Waals surface area (Å²) in [5, 5.41) is 19.2. The van der Waals surface area contributed by atoms with Gasteiger partial charge in [-0.1, -0.05) is 26.0 Å². The molecule has 0 aliphatic rings. The maximum absolute atomic E-state index is 13.1.